The molecule has 0 fully saturated rings. The monoisotopic (exact) mass is 348 g/mol. The van der Waals surface area contributed by atoms with E-state index in [-0.39, 0.29) is 11.9 Å². The van der Waals surface area contributed by atoms with Gasteiger partial charge in [0.05, 0.1) is 18.7 Å². The van der Waals surface area contributed by atoms with Crippen LogP contribution in [0.15, 0.2) is 47.2 Å². The third-order valence-electron chi connectivity index (χ3n) is 3.20. The molecule has 0 aliphatic heterocycles. The molecule has 110 valence electrons. The van der Waals surface area contributed by atoms with E-state index in [9.17, 15) is 4.79 Å². The number of rotatable bonds is 5. The molecule has 4 nitrogen and oxygen atoms in total. The second-order valence-corrected chi connectivity index (χ2v) is 5.51. The van der Waals surface area contributed by atoms with E-state index >= 15 is 0 Å². The number of pyridine rings is 1. The van der Waals surface area contributed by atoms with E-state index in [1.807, 2.05) is 31.2 Å². The van der Waals surface area contributed by atoms with Crippen molar-refractivity contribution in [1.29, 1.82) is 0 Å². The van der Waals surface area contributed by atoms with E-state index in [0.717, 1.165) is 22.2 Å². The van der Waals surface area contributed by atoms with Crippen LogP contribution in [0.5, 0.6) is 5.75 Å². The number of aromatic nitrogens is 1. The summed E-state index contributed by atoms with van der Waals surface area (Å²) < 4.78 is 5.93. The van der Waals surface area contributed by atoms with Crippen molar-refractivity contribution >= 4 is 21.8 Å². The van der Waals surface area contributed by atoms with Crippen LogP contribution in [-0.4, -0.2) is 18.0 Å². The van der Waals surface area contributed by atoms with Crippen LogP contribution in [0.3, 0.4) is 0 Å². The first kappa shape index (κ1) is 15.5. The molecule has 0 saturated carbocycles. The van der Waals surface area contributed by atoms with Crippen LogP contribution in [0.4, 0.5) is 0 Å². The molecule has 0 radical (unpaired) electrons. The maximum Gasteiger partial charge on any atom is 0.253 e. The highest BCUT2D eigenvalue weighted by Gasteiger charge is 2.14. The van der Waals surface area contributed by atoms with E-state index in [1.54, 1.807) is 25.6 Å². The Morgan fingerprint density at radius 2 is 2.05 bits per heavy atom. The normalized spacial score (nSPS) is 11.8. The molecule has 1 aromatic heterocycles. The molecular formula is C16H17BrN2O2. The van der Waals surface area contributed by atoms with Crippen LogP contribution in [0.25, 0.3) is 0 Å². The van der Waals surface area contributed by atoms with Crippen molar-refractivity contribution in [3.63, 3.8) is 0 Å². The van der Waals surface area contributed by atoms with Gasteiger partial charge in [0.1, 0.15) is 5.75 Å². The van der Waals surface area contributed by atoms with Gasteiger partial charge >= 0.3 is 0 Å². The summed E-state index contributed by atoms with van der Waals surface area (Å²) in [5, 5.41) is 3.02. The number of methoxy groups -OCH3 is 1. The Balaban J connectivity index is 2.12. The van der Waals surface area contributed by atoms with Gasteiger partial charge in [-0.1, -0.05) is 19.1 Å². The van der Waals surface area contributed by atoms with E-state index in [2.05, 4.69) is 26.2 Å². The van der Waals surface area contributed by atoms with Crippen LogP contribution in [0.1, 0.15) is 35.3 Å². The average molecular weight is 349 g/mol. The molecular weight excluding hydrogens is 332 g/mol. The third-order valence-corrected chi connectivity index (χ3v) is 3.63. The van der Waals surface area contributed by atoms with Crippen molar-refractivity contribution in [3.05, 3.63) is 58.3 Å². The first-order valence-electron chi connectivity index (χ1n) is 6.69. The smallest absolute Gasteiger partial charge is 0.253 e. The second kappa shape index (κ2) is 7.22. The van der Waals surface area contributed by atoms with Gasteiger partial charge < -0.3 is 10.1 Å². The van der Waals surface area contributed by atoms with Gasteiger partial charge in [0.2, 0.25) is 0 Å². The summed E-state index contributed by atoms with van der Waals surface area (Å²) in [6.07, 6.45) is 4.01. The molecule has 2 rings (SSSR count). The number of benzene rings is 1. The van der Waals surface area contributed by atoms with Gasteiger partial charge in [-0.25, -0.2) is 0 Å². The Hall–Kier alpha value is -1.88. The van der Waals surface area contributed by atoms with Crippen LogP contribution < -0.4 is 10.1 Å². The van der Waals surface area contributed by atoms with Crippen molar-refractivity contribution in [3.8, 4) is 5.75 Å². The largest absolute Gasteiger partial charge is 0.497 e. The van der Waals surface area contributed by atoms with E-state index in [0.29, 0.717) is 5.56 Å². The Morgan fingerprint density at radius 1 is 1.33 bits per heavy atom. The summed E-state index contributed by atoms with van der Waals surface area (Å²) >= 11 is 3.32. The summed E-state index contributed by atoms with van der Waals surface area (Å²) in [5.41, 5.74) is 1.59. The van der Waals surface area contributed by atoms with Crippen LogP contribution in [0.2, 0.25) is 0 Å². The van der Waals surface area contributed by atoms with Gasteiger partial charge in [-0.15, -0.1) is 0 Å². The maximum atomic E-state index is 12.3. The Kier molecular flexibility index (Phi) is 5.33. The molecule has 1 amide bonds. The zero-order valence-corrected chi connectivity index (χ0v) is 13.6. The lowest BCUT2D eigenvalue weighted by Gasteiger charge is -2.18. The molecule has 21 heavy (non-hydrogen) atoms. The molecule has 0 bridgehead atoms. The van der Waals surface area contributed by atoms with Crippen LogP contribution in [0, 0.1) is 0 Å². The van der Waals surface area contributed by atoms with Gasteiger partial charge in [-0.2, -0.15) is 0 Å². The quantitative estimate of drug-likeness (QED) is 0.895. The zero-order chi connectivity index (χ0) is 15.2. The van der Waals surface area contributed by atoms with Crippen molar-refractivity contribution in [2.24, 2.45) is 0 Å². The number of hydrogen-bond donors (Lipinski definition) is 1. The molecule has 0 unspecified atom stereocenters. The van der Waals surface area contributed by atoms with E-state index < -0.39 is 0 Å². The van der Waals surface area contributed by atoms with Gasteiger partial charge in [0, 0.05) is 16.9 Å². The minimum atomic E-state index is -0.133. The minimum Gasteiger partial charge on any atom is -0.497 e. The fraction of sp³-hybridized carbons (Fsp3) is 0.250. The molecule has 1 atom stereocenters. The van der Waals surface area contributed by atoms with Gasteiger partial charge in [0.25, 0.3) is 5.91 Å². The first-order valence-corrected chi connectivity index (χ1v) is 7.48. The van der Waals surface area contributed by atoms with E-state index in [1.165, 1.54) is 0 Å². The Labute approximate surface area is 132 Å². The fourth-order valence-electron chi connectivity index (χ4n) is 2.03. The lowest BCUT2D eigenvalue weighted by Crippen LogP contribution is -2.28. The van der Waals surface area contributed by atoms with Gasteiger partial charge in [-0.3, -0.25) is 9.78 Å². The molecule has 5 heteroatoms. The molecule has 0 spiro atoms. The highest BCUT2D eigenvalue weighted by Crippen LogP contribution is 2.21. The predicted octanol–water partition coefficient (Wildman–Crippen LogP) is 3.73. The topological polar surface area (TPSA) is 51.2 Å². The maximum absolute atomic E-state index is 12.3. The SMILES string of the molecule is CC[C@H](NC(=O)c1cncc(Br)c1)c1ccc(OC)cc1. The summed E-state index contributed by atoms with van der Waals surface area (Å²) in [5.74, 6) is 0.669. The summed E-state index contributed by atoms with van der Waals surface area (Å²) in [4.78, 5) is 16.3. The highest BCUT2D eigenvalue weighted by molar-refractivity contribution is 9.10. The number of carbonyl (C=O) groups is 1. The summed E-state index contributed by atoms with van der Waals surface area (Å²) in [6.45, 7) is 2.04. The molecule has 0 aliphatic rings. The second-order valence-electron chi connectivity index (χ2n) is 4.60. The van der Waals surface area contributed by atoms with Crippen LogP contribution >= 0.6 is 15.9 Å². The van der Waals surface area contributed by atoms with Gasteiger partial charge in [-0.05, 0) is 46.1 Å². The highest BCUT2D eigenvalue weighted by atomic mass is 79.9. The Morgan fingerprint density at radius 3 is 2.62 bits per heavy atom. The number of nitrogens with one attached hydrogen (secondary N) is 1. The standard InChI is InChI=1S/C16H17BrN2O2/c1-3-15(11-4-6-14(21-2)7-5-11)19-16(20)12-8-13(17)10-18-9-12/h4-10,15H,3H2,1-2H3,(H,19,20)/t15-/m0/s1. The van der Waals surface area contributed by atoms with Crippen molar-refractivity contribution in [2.45, 2.75) is 19.4 Å². The number of amides is 1. The van der Waals surface area contributed by atoms with Crippen LogP contribution in [-0.2, 0) is 0 Å². The summed E-state index contributed by atoms with van der Waals surface area (Å²) in [6, 6.07) is 9.43. The molecule has 1 aromatic carbocycles. The molecule has 2 aromatic rings. The Bertz CT molecular complexity index is 614. The molecule has 0 aliphatic carbocycles. The molecule has 1 heterocycles. The third kappa shape index (κ3) is 4.04. The predicted molar refractivity (Wildman–Crippen MR) is 85.4 cm³/mol. The van der Waals surface area contributed by atoms with Crippen molar-refractivity contribution in [2.75, 3.05) is 7.11 Å². The van der Waals surface area contributed by atoms with E-state index in [4.69, 9.17) is 4.74 Å². The van der Waals surface area contributed by atoms with Gasteiger partial charge in [0.15, 0.2) is 0 Å². The molecule has 1 N–H and O–H groups in total. The summed E-state index contributed by atoms with van der Waals surface area (Å²) in [7, 11) is 1.63. The number of nitrogens with zero attached hydrogens (tertiary/aromatic N) is 1. The van der Waals surface area contributed by atoms with Crippen molar-refractivity contribution < 1.29 is 9.53 Å². The van der Waals surface area contributed by atoms with Crippen molar-refractivity contribution in [1.82, 2.24) is 10.3 Å². The number of carbonyl (C=O) groups excluding carboxylic acids is 1. The fourth-order valence-corrected chi connectivity index (χ4v) is 2.40. The first-order chi connectivity index (χ1) is 10.1. The lowest BCUT2D eigenvalue weighted by atomic mass is 10.0. The number of ether oxygens (including phenoxy) is 1. The number of halogens is 1. The zero-order valence-electron chi connectivity index (χ0n) is 12.0. The minimum absolute atomic E-state index is 0.0395. The molecule has 0 saturated heterocycles. The number of hydrogen-bond acceptors (Lipinski definition) is 3. The lowest BCUT2D eigenvalue weighted by molar-refractivity contribution is 0.0935. The average Bonchev–Trinajstić information content (AvgIpc) is 2.52.